The minimum Gasteiger partial charge on any atom is -0.507 e. The lowest BCUT2D eigenvalue weighted by Crippen LogP contribution is -2.29. The third-order valence-electron chi connectivity index (χ3n) is 3.52. The van der Waals surface area contributed by atoms with Gasteiger partial charge in [0.15, 0.2) is 12.7 Å². The highest BCUT2D eigenvalue weighted by molar-refractivity contribution is 5.67. The van der Waals surface area contributed by atoms with E-state index < -0.39 is 0 Å². The number of aromatic nitrogens is 5. The molecule has 0 spiro atoms. The lowest BCUT2D eigenvalue weighted by Gasteiger charge is -2.03. The number of benzene rings is 1. The first kappa shape index (κ1) is 13.3. The Balaban J connectivity index is 1.68. The summed E-state index contributed by atoms with van der Waals surface area (Å²) in [4.78, 5) is 11.4. The van der Waals surface area contributed by atoms with Gasteiger partial charge >= 0.3 is 0 Å². The Morgan fingerprint density at radius 1 is 1.13 bits per heavy atom. The van der Waals surface area contributed by atoms with Gasteiger partial charge in [-0.2, -0.15) is 0 Å². The molecule has 4 rings (SSSR count). The second-order valence-electron chi connectivity index (χ2n) is 4.98. The van der Waals surface area contributed by atoms with E-state index in [4.69, 9.17) is 0 Å². The Kier molecular flexibility index (Phi) is 3.12. The molecule has 6 heteroatoms. The number of para-hydroxylation sites is 1. The van der Waals surface area contributed by atoms with Crippen molar-refractivity contribution in [3.05, 3.63) is 73.7 Å². The van der Waals surface area contributed by atoms with Crippen molar-refractivity contribution in [2.24, 2.45) is 0 Å². The molecule has 3 heterocycles. The quantitative estimate of drug-likeness (QED) is 0.449. The van der Waals surface area contributed by atoms with Crippen molar-refractivity contribution in [2.45, 2.75) is 0 Å². The van der Waals surface area contributed by atoms with Crippen LogP contribution in [0.1, 0.15) is 0 Å². The number of aromatic hydroxyl groups is 1. The number of imidazole rings is 1. The Morgan fingerprint density at radius 3 is 2.87 bits per heavy atom. The third kappa shape index (κ3) is 2.46. The molecule has 0 bridgehead atoms. The van der Waals surface area contributed by atoms with Crippen LogP contribution in [0.2, 0.25) is 0 Å². The van der Waals surface area contributed by atoms with Crippen LogP contribution >= 0.6 is 0 Å². The molecule has 0 aliphatic carbocycles. The van der Waals surface area contributed by atoms with Gasteiger partial charge < -0.3 is 19.2 Å². The summed E-state index contributed by atoms with van der Waals surface area (Å²) in [5, 5.41) is 9.94. The van der Waals surface area contributed by atoms with Gasteiger partial charge in [-0.15, -0.1) is 4.98 Å². The zero-order valence-corrected chi connectivity index (χ0v) is 12.1. The van der Waals surface area contributed by atoms with Gasteiger partial charge in [0.1, 0.15) is 11.6 Å². The fourth-order valence-electron chi connectivity index (χ4n) is 2.39. The first-order chi connectivity index (χ1) is 11.3. The Hall–Kier alpha value is -3.41. The van der Waals surface area contributed by atoms with Gasteiger partial charge in [-0.05, 0) is 30.3 Å². The fraction of sp³-hybridized carbons (Fsp3) is 0. The Labute approximate surface area is 132 Å². The number of H-pyrrole nitrogens is 1. The largest absolute Gasteiger partial charge is 0.507 e. The predicted molar refractivity (Wildman–Crippen MR) is 83.2 cm³/mol. The summed E-state index contributed by atoms with van der Waals surface area (Å²) in [5.41, 5.74) is 1.60. The van der Waals surface area contributed by atoms with Crippen LogP contribution < -0.4 is 4.57 Å². The van der Waals surface area contributed by atoms with E-state index in [2.05, 4.69) is 21.3 Å². The molecule has 4 aromatic rings. The maximum absolute atomic E-state index is 9.94. The lowest BCUT2D eigenvalue weighted by molar-refractivity contribution is -0.603. The molecule has 112 valence electrons. The van der Waals surface area contributed by atoms with E-state index in [1.54, 1.807) is 22.9 Å². The van der Waals surface area contributed by atoms with E-state index in [0.717, 1.165) is 22.9 Å². The van der Waals surface area contributed by atoms with Gasteiger partial charge in [0.25, 0.3) is 0 Å². The molecule has 3 aromatic heterocycles. The first-order valence-electron chi connectivity index (χ1n) is 7.08. The molecule has 1 aromatic carbocycles. The van der Waals surface area contributed by atoms with Crippen molar-refractivity contribution in [3.63, 3.8) is 0 Å². The molecule has 0 fully saturated rings. The minimum atomic E-state index is 0.244. The van der Waals surface area contributed by atoms with Gasteiger partial charge in [0.05, 0.1) is 0 Å². The molecule has 0 saturated heterocycles. The van der Waals surface area contributed by atoms with E-state index in [0.29, 0.717) is 0 Å². The average Bonchev–Trinajstić information content (AvgIpc) is 3.25. The highest BCUT2D eigenvalue weighted by atomic mass is 16.3. The summed E-state index contributed by atoms with van der Waals surface area (Å²) in [5.74, 6) is 1.83. The third-order valence-corrected chi connectivity index (χ3v) is 3.52. The normalized spacial score (nSPS) is 10.8. The van der Waals surface area contributed by atoms with E-state index >= 15 is 0 Å². The zero-order valence-electron chi connectivity index (χ0n) is 12.1. The Bertz CT molecular complexity index is 942. The summed E-state index contributed by atoms with van der Waals surface area (Å²) in [6, 6.07) is 12.9. The highest BCUT2D eigenvalue weighted by Gasteiger charge is 2.07. The van der Waals surface area contributed by atoms with Crippen LogP contribution in [0.25, 0.3) is 22.9 Å². The summed E-state index contributed by atoms with van der Waals surface area (Å²) in [7, 11) is 0. The maximum atomic E-state index is 9.94. The molecule has 0 saturated carbocycles. The van der Waals surface area contributed by atoms with Crippen molar-refractivity contribution in [2.75, 3.05) is 0 Å². The molecule has 0 radical (unpaired) electrons. The summed E-state index contributed by atoms with van der Waals surface area (Å²) < 4.78 is 3.60. The molecule has 0 unspecified atom stereocenters. The van der Waals surface area contributed by atoms with Crippen LogP contribution in [0.3, 0.4) is 0 Å². The van der Waals surface area contributed by atoms with Crippen LogP contribution in [0.4, 0.5) is 0 Å². The smallest absolute Gasteiger partial charge is 0.205 e. The number of phenols is 1. The number of hydrogen-bond donors (Lipinski definition) is 2. The molecule has 0 aliphatic heterocycles. The van der Waals surface area contributed by atoms with Crippen LogP contribution in [0.15, 0.2) is 67.4 Å². The second kappa shape index (κ2) is 5.42. The van der Waals surface area contributed by atoms with Crippen molar-refractivity contribution >= 4 is 0 Å². The monoisotopic (exact) mass is 303 g/mol. The number of phenolic OH excluding ortho intramolecular Hbond substituents is 1. The SMILES string of the molecule is Oc1ccccc1-c1ccc(-n2[c-][n+](-c3ccncn3)cc2)[nH]1. The number of hydrogen-bond acceptors (Lipinski definition) is 3. The zero-order chi connectivity index (χ0) is 15.6. The van der Waals surface area contributed by atoms with Gasteiger partial charge in [-0.3, -0.25) is 0 Å². The van der Waals surface area contributed by atoms with Gasteiger partial charge in [-0.1, -0.05) is 12.1 Å². The standard InChI is InChI=1S/C17H13N5O/c23-15-4-2-1-3-13(15)14-5-6-17(20-14)22-10-9-21(12-22)16-7-8-18-11-19-16/h1-11,20,23H. The van der Waals surface area contributed by atoms with Gasteiger partial charge in [0.2, 0.25) is 5.82 Å². The molecular weight excluding hydrogens is 290 g/mol. The molecule has 6 nitrogen and oxygen atoms in total. The van der Waals surface area contributed by atoms with Crippen LogP contribution in [-0.4, -0.2) is 24.6 Å². The first-order valence-corrected chi connectivity index (χ1v) is 7.08. The Morgan fingerprint density at radius 2 is 2.04 bits per heavy atom. The molecule has 0 aliphatic rings. The number of rotatable bonds is 3. The van der Waals surface area contributed by atoms with Crippen molar-refractivity contribution in [1.82, 2.24) is 19.5 Å². The fourth-order valence-corrected chi connectivity index (χ4v) is 2.39. The minimum absolute atomic E-state index is 0.244. The van der Waals surface area contributed by atoms with Crippen LogP contribution in [0, 0.1) is 6.33 Å². The van der Waals surface area contributed by atoms with Crippen LogP contribution in [0.5, 0.6) is 5.75 Å². The molecule has 23 heavy (non-hydrogen) atoms. The van der Waals surface area contributed by atoms with E-state index in [1.807, 2.05) is 47.3 Å². The van der Waals surface area contributed by atoms with E-state index in [-0.39, 0.29) is 5.75 Å². The van der Waals surface area contributed by atoms with E-state index in [1.165, 1.54) is 6.33 Å². The lowest BCUT2D eigenvalue weighted by atomic mass is 10.1. The van der Waals surface area contributed by atoms with Crippen molar-refractivity contribution in [1.29, 1.82) is 0 Å². The predicted octanol–water partition coefficient (Wildman–Crippen LogP) is 2.04. The van der Waals surface area contributed by atoms with Crippen molar-refractivity contribution < 1.29 is 9.67 Å². The van der Waals surface area contributed by atoms with Crippen LogP contribution in [-0.2, 0) is 0 Å². The van der Waals surface area contributed by atoms with Gasteiger partial charge in [0, 0.05) is 29.8 Å². The highest BCUT2D eigenvalue weighted by Crippen LogP contribution is 2.28. The molecule has 2 N–H and O–H groups in total. The van der Waals surface area contributed by atoms with E-state index in [9.17, 15) is 5.11 Å². The number of aromatic amines is 1. The second-order valence-corrected chi connectivity index (χ2v) is 4.98. The van der Waals surface area contributed by atoms with Gasteiger partial charge in [-0.25, -0.2) is 4.98 Å². The van der Waals surface area contributed by atoms with Crippen molar-refractivity contribution in [3.8, 4) is 28.6 Å². The summed E-state index contributed by atoms with van der Waals surface area (Å²) >= 11 is 0. The molecular formula is C17H13N5O. The summed E-state index contributed by atoms with van der Waals surface area (Å²) in [6.07, 6.45) is 10.1. The average molecular weight is 303 g/mol. The number of nitrogens with one attached hydrogen (secondary N) is 1. The topological polar surface area (TPSA) is 70.6 Å². The maximum Gasteiger partial charge on any atom is 0.205 e. The molecule has 0 atom stereocenters. The molecule has 0 amide bonds. The number of nitrogens with zero attached hydrogens (tertiary/aromatic N) is 4. The summed E-state index contributed by atoms with van der Waals surface area (Å²) in [6.45, 7) is 0.